The Labute approximate surface area is 132 Å². The monoisotopic (exact) mass is 323 g/mol. The van der Waals surface area contributed by atoms with E-state index in [4.69, 9.17) is 4.74 Å². The van der Waals surface area contributed by atoms with E-state index in [1.807, 2.05) is 44.4 Å². The number of carbonyl (C=O) groups is 1. The molecule has 0 aliphatic heterocycles. The van der Waals surface area contributed by atoms with Gasteiger partial charge >= 0.3 is 0 Å². The van der Waals surface area contributed by atoms with E-state index in [0.717, 1.165) is 9.90 Å². The van der Waals surface area contributed by atoms with E-state index in [1.165, 1.54) is 23.1 Å². The number of carbonyl (C=O) groups excluding carboxylic acids is 1. The van der Waals surface area contributed by atoms with Gasteiger partial charge in [-0.2, -0.15) is 0 Å². The van der Waals surface area contributed by atoms with Gasteiger partial charge in [-0.15, -0.1) is 10.2 Å². The molecule has 1 heterocycles. The van der Waals surface area contributed by atoms with Gasteiger partial charge in [0.2, 0.25) is 5.13 Å². The molecule has 7 heteroatoms. The summed E-state index contributed by atoms with van der Waals surface area (Å²) in [7, 11) is 0. The van der Waals surface area contributed by atoms with Gasteiger partial charge in [0.05, 0.1) is 0 Å². The van der Waals surface area contributed by atoms with Crippen molar-refractivity contribution in [1.82, 2.24) is 10.2 Å². The molecule has 1 amide bonds. The summed E-state index contributed by atoms with van der Waals surface area (Å²) in [5, 5.41) is 11.1. The number of benzene rings is 1. The average molecular weight is 323 g/mol. The molecule has 0 bridgehead atoms. The Hall–Kier alpha value is -1.60. The van der Waals surface area contributed by atoms with Gasteiger partial charge in [-0.05, 0) is 31.7 Å². The minimum atomic E-state index is -0.547. The maximum atomic E-state index is 12.2. The third kappa shape index (κ3) is 4.44. The number of ether oxygens (including phenoxy) is 1. The molecule has 0 saturated carbocycles. The zero-order valence-corrected chi connectivity index (χ0v) is 13.8. The second kappa shape index (κ2) is 7.42. The minimum absolute atomic E-state index is 0.207. The first-order valence-corrected chi connectivity index (χ1v) is 8.58. The summed E-state index contributed by atoms with van der Waals surface area (Å²) in [5.74, 6) is 0.478. The zero-order valence-electron chi connectivity index (χ0n) is 12.1. The Balaban J connectivity index is 1.99. The minimum Gasteiger partial charge on any atom is -0.481 e. The lowest BCUT2D eigenvalue weighted by Gasteiger charge is -2.16. The van der Waals surface area contributed by atoms with E-state index >= 15 is 0 Å². The molecule has 2 aromatic rings. The van der Waals surface area contributed by atoms with Gasteiger partial charge < -0.3 is 4.74 Å². The van der Waals surface area contributed by atoms with Gasteiger partial charge in [0, 0.05) is 0 Å². The van der Waals surface area contributed by atoms with Crippen molar-refractivity contribution in [2.45, 2.75) is 30.7 Å². The van der Waals surface area contributed by atoms with Crippen molar-refractivity contribution in [2.24, 2.45) is 0 Å². The first-order valence-electron chi connectivity index (χ1n) is 6.54. The highest BCUT2D eigenvalue weighted by Crippen LogP contribution is 2.23. The van der Waals surface area contributed by atoms with Gasteiger partial charge in [-0.25, -0.2) is 0 Å². The largest absolute Gasteiger partial charge is 0.481 e. The first-order chi connectivity index (χ1) is 10.1. The summed E-state index contributed by atoms with van der Waals surface area (Å²) in [6.07, 6.45) is 1.95. The van der Waals surface area contributed by atoms with Gasteiger partial charge in [0.25, 0.3) is 5.91 Å². The second-order valence-corrected chi connectivity index (χ2v) is 6.43. The quantitative estimate of drug-likeness (QED) is 0.652. The lowest BCUT2D eigenvalue weighted by molar-refractivity contribution is -0.122. The SMILES string of the molecule is CC[C@H](Oc1ccc(C)cc1)C(=O)Nc1nnc(SC)s1. The number of aromatic nitrogens is 2. The molecule has 0 aliphatic carbocycles. The third-order valence-corrected chi connectivity index (χ3v) is 4.59. The lowest BCUT2D eigenvalue weighted by Crippen LogP contribution is -2.32. The number of amides is 1. The fraction of sp³-hybridized carbons (Fsp3) is 0.357. The van der Waals surface area contributed by atoms with E-state index in [1.54, 1.807) is 0 Å². The summed E-state index contributed by atoms with van der Waals surface area (Å²) in [6.45, 7) is 3.92. The van der Waals surface area contributed by atoms with E-state index in [0.29, 0.717) is 17.3 Å². The Morgan fingerprint density at radius 1 is 1.38 bits per heavy atom. The van der Waals surface area contributed by atoms with E-state index in [-0.39, 0.29) is 5.91 Å². The van der Waals surface area contributed by atoms with Crippen LogP contribution in [0.5, 0.6) is 5.75 Å². The molecule has 21 heavy (non-hydrogen) atoms. The van der Waals surface area contributed by atoms with Gasteiger partial charge in [0.15, 0.2) is 10.4 Å². The Morgan fingerprint density at radius 2 is 2.10 bits per heavy atom. The number of hydrogen-bond donors (Lipinski definition) is 1. The molecule has 0 unspecified atom stereocenters. The van der Waals surface area contributed by atoms with Crippen LogP contribution in [-0.4, -0.2) is 28.5 Å². The first kappa shape index (κ1) is 15.8. The molecule has 0 saturated heterocycles. The molecule has 1 aromatic heterocycles. The number of thioether (sulfide) groups is 1. The van der Waals surface area contributed by atoms with Crippen LogP contribution in [0.3, 0.4) is 0 Å². The van der Waals surface area contributed by atoms with Crippen LogP contribution >= 0.6 is 23.1 Å². The predicted octanol–water partition coefficient (Wildman–Crippen LogP) is 3.36. The molecule has 1 aromatic carbocycles. The van der Waals surface area contributed by atoms with Gasteiger partial charge in [-0.1, -0.05) is 47.7 Å². The van der Waals surface area contributed by atoms with Crippen molar-refractivity contribution in [3.8, 4) is 5.75 Å². The number of aryl methyl sites for hydroxylation is 1. The van der Waals surface area contributed by atoms with Crippen LogP contribution in [0.4, 0.5) is 5.13 Å². The number of hydrogen-bond acceptors (Lipinski definition) is 6. The highest BCUT2D eigenvalue weighted by Gasteiger charge is 2.20. The summed E-state index contributed by atoms with van der Waals surface area (Å²) in [6, 6.07) is 7.63. The van der Waals surface area contributed by atoms with Crippen LogP contribution < -0.4 is 10.1 Å². The van der Waals surface area contributed by atoms with Gasteiger partial charge in [-0.3, -0.25) is 10.1 Å². The molecule has 0 radical (unpaired) electrons. The van der Waals surface area contributed by atoms with Crippen LogP contribution in [0.2, 0.25) is 0 Å². The standard InChI is InChI=1S/C14H17N3O2S2/c1-4-11(19-10-7-5-9(2)6-8-10)12(18)15-13-16-17-14(20-3)21-13/h5-8,11H,4H2,1-3H3,(H,15,16,18)/t11-/m0/s1. The van der Waals surface area contributed by atoms with Crippen LogP contribution in [0.1, 0.15) is 18.9 Å². The number of nitrogens with zero attached hydrogens (tertiary/aromatic N) is 2. The molecule has 0 aliphatic rings. The molecular weight excluding hydrogens is 306 g/mol. The molecule has 112 valence electrons. The zero-order chi connectivity index (χ0) is 15.2. The second-order valence-electron chi connectivity index (χ2n) is 4.39. The number of nitrogens with one attached hydrogen (secondary N) is 1. The fourth-order valence-corrected chi connectivity index (χ4v) is 2.80. The summed E-state index contributed by atoms with van der Waals surface area (Å²) >= 11 is 2.85. The van der Waals surface area contributed by atoms with Crippen molar-refractivity contribution in [1.29, 1.82) is 0 Å². The topological polar surface area (TPSA) is 64.1 Å². The summed E-state index contributed by atoms with van der Waals surface area (Å²) in [5.41, 5.74) is 1.15. The predicted molar refractivity (Wildman–Crippen MR) is 86.2 cm³/mol. The molecule has 1 N–H and O–H groups in total. The summed E-state index contributed by atoms with van der Waals surface area (Å²) in [4.78, 5) is 12.2. The van der Waals surface area contributed by atoms with Crippen LogP contribution in [0.25, 0.3) is 0 Å². The van der Waals surface area contributed by atoms with Crippen LogP contribution in [0.15, 0.2) is 28.6 Å². The molecule has 5 nitrogen and oxygen atoms in total. The summed E-state index contributed by atoms with van der Waals surface area (Å²) < 4.78 is 6.54. The average Bonchev–Trinajstić information content (AvgIpc) is 2.94. The highest BCUT2D eigenvalue weighted by molar-refractivity contribution is 8.00. The molecule has 1 atom stereocenters. The maximum absolute atomic E-state index is 12.2. The highest BCUT2D eigenvalue weighted by atomic mass is 32.2. The van der Waals surface area contributed by atoms with Crippen molar-refractivity contribution in [3.05, 3.63) is 29.8 Å². The Kier molecular flexibility index (Phi) is 5.58. The Bertz CT molecular complexity index is 599. The third-order valence-electron chi connectivity index (χ3n) is 2.77. The van der Waals surface area contributed by atoms with Crippen molar-refractivity contribution in [2.75, 3.05) is 11.6 Å². The maximum Gasteiger partial charge on any atom is 0.267 e. The molecule has 0 spiro atoms. The molecular formula is C14H17N3O2S2. The van der Waals surface area contributed by atoms with E-state index in [2.05, 4.69) is 15.5 Å². The van der Waals surface area contributed by atoms with Crippen molar-refractivity contribution < 1.29 is 9.53 Å². The van der Waals surface area contributed by atoms with E-state index < -0.39 is 6.10 Å². The van der Waals surface area contributed by atoms with E-state index in [9.17, 15) is 4.79 Å². The molecule has 0 fully saturated rings. The smallest absolute Gasteiger partial charge is 0.267 e. The fourth-order valence-electron chi connectivity index (χ4n) is 1.63. The van der Waals surface area contributed by atoms with Crippen LogP contribution in [0, 0.1) is 6.92 Å². The molecule has 2 rings (SSSR count). The van der Waals surface area contributed by atoms with Crippen molar-refractivity contribution >= 4 is 34.1 Å². The normalized spacial score (nSPS) is 12.0. The van der Waals surface area contributed by atoms with Crippen LogP contribution in [-0.2, 0) is 4.79 Å². The lowest BCUT2D eigenvalue weighted by atomic mass is 10.2. The van der Waals surface area contributed by atoms with Crippen molar-refractivity contribution in [3.63, 3.8) is 0 Å². The Morgan fingerprint density at radius 3 is 2.67 bits per heavy atom. The van der Waals surface area contributed by atoms with Gasteiger partial charge in [0.1, 0.15) is 5.75 Å². The number of anilines is 1. The number of rotatable bonds is 6.